The van der Waals surface area contributed by atoms with Crippen LogP contribution in [-0.2, 0) is 21.3 Å². The van der Waals surface area contributed by atoms with Crippen molar-refractivity contribution in [3.8, 4) is 0 Å². The van der Waals surface area contributed by atoms with Gasteiger partial charge in [-0.1, -0.05) is 13.8 Å². The molecule has 2 N–H and O–H groups in total. The van der Waals surface area contributed by atoms with E-state index in [9.17, 15) is 8.42 Å². The molecule has 7 heteroatoms. The van der Waals surface area contributed by atoms with E-state index in [1.54, 1.807) is 18.6 Å². The van der Waals surface area contributed by atoms with Gasteiger partial charge in [0, 0.05) is 37.7 Å². The average molecular weight is 306 g/mol. The summed E-state index contributed by atoms with van der Waals surface area (Å²) in [4.78, 5) is 1.22. The molecule has 1 aromatic rings. The van der Waals surface area contributed by atoms with Crippen LogP contribution < -0.4 is 10.0 Å². The number of rotatable bonds is 9. The molecule has 0 unspecified atom stereocenters. The van der Waals surface area contributed by atoms with Gasteiger partial charge in [-0.05, 0) is 17.9 Å². The Kier molecular flexibility index (Phi) is 6.95. The topological polar surface area (TPSA) is 67.4 Å². The zero-order valence-electron chi connectivity index (χ0n) is 11.6. The Morgan fingerprint density at radius 2 is 2.16 bits per heavy atom. The molecular weight excluding hydrogens is 284 g/mol. The van der Waals surface area contributed by atoms with Crippen LogP contribution in [0.2, 0.25) is 0 Å². The maximum Gasteiger partial charge on any atom is 0.241 e. The first-order valence-corrected chi connectivity index (χ1v) is 8.62. The molecule has 0 aliphatic heterocycles. The molecule has 5 nitrogen and oxygen atoms in total. The van der Waals surface area contributed by atoms with Crippen LogP contribution in [0.15, 0.2) is 16.3 Å². The van der Waals surface area contributed by atoms with Gasteiger partial charge in [0.1, 0.15) is 0 Å². The van der Waals surface area contributed by atoms with Crippen molar-refractivity contribution in [1.82, 2.24) is 10.0 Å². The lowest BCUT2D eigenvalue weighted by molar-refractivity contribution is 0.196. The van der Waals surface area contributed by atoms with E-state index >= 15 is 0 Å². The lowest BCUT2D eigenvalue weighted by Crippen LogP contribution is -2.27. The summed E-state index contributed by atoms with van der Waals surface area (Å²) in [6.45, 7) is 5.58. The highest BCUT2D eigenvalue weighted by atomic mass is 32.2. The average Bonchev–Trinajstić information content (AvgIpc) is 2.81. The van der Waals surface area contributed by atoms with Crippen LogP contribution in [0.4, 0.5) is 0 Å². The largest absolute Gasteiger partial charge is 0.385 e. The smallest absolute Gasteiger partial charge is 0.241 e. The number of methoxy groups -OCH3 is 1. The molecule has 110 valence electrons. The van der Waals surface area contributed by atoms with E-state index in [0.717, 1.165) is 4.88 Å². The van der Waals surface area contributed by atoms with E-state index in [-0.39, 0.29) is 0 Å². The summed E-state index contributed by atoms with van der Waals surface area (Å²) in [5, 5.41) is 5.04. The molecular formula is C12H22N2O3S2. The molecule has 0 radical (unpaired) electrons. The maximum absolute atomic E-state index is 12.1. The summed E-state index contributed by atoms with van der Waals surface area (Å²) in [6.07, 6.45) is 0.666. The Balaban J connectivity index is 2.64. The minimum Gasteiger partial charge on any atom is -0.385 e. The van der Waals surface area contributed by atoms with Gasteiger partial charge >= 0.3 is 0 Å². The number of ether oxygens (including phenoxy) is 1. The molecule has 0 saturated carbocycles. The molecule has 0 amide bonds. The predicted molar refractivity (Wildman–Crippen MR) is 78.0 cm³/mol. The molecule has 0 aliphatic rings. The van der Waals surface area contributed by atoms with Crippen LogP contribution in [0, 0.1) is 0 Å². The van der Waals surface area contributed by atoms with Crippen molar-refractivity contribution in [1.29, 1.82) is 0 Å². The quantitative estimate of drug-likeness (QED) is 0.680. The first-order chi connectivity index (χ1) is 8.97. The van der Waals surface area contributed by atoms with E-state index in [4.69, 9.17) is 4.74 Å². The monoisotopic (exact) mass is 306 g/mol. The second-order valence-corrected chi connectivity index (χ2v) is 7.22. The molecule has 19 heavy (non-hydrogen) atoms. The number of sulfonamides is 1. The Labute approximate surface area is 119 Å². The van der Waals surface area contributed by atoms with Crippen LogP contribution in [0.5, 0.6) is 0 Å². The van der Waals surface area contributed by atoms with Gasteiger partial charge in [0.15, 0.2) is 0 Å². The van der Waals surface area contributed by atoms with Crippen LogP contribution in [-0.4, -0.2) is 34.7 Å². The third kappa shape index (κ3) is 5.58. The molecule has 0 spiro atoms. The highest BCUT2D eigenvalue weighted by Crippen LogP contribution is 2.21. The summed E-state index contributed by atoms with van der Waals surface area (Å²) in [5.74, 6) is 0. The summed E-state index contributed by atoms with van der Waals surface area (Å²) < 4.78 is 31.8. The van der Waals surface area contributed by atoms with Gasteiger partial charge in [0.2, 0.25) is 10.0 Å². The van der Waals surface area contributed by atoms with E-state index in [1.165, 1.54) is 11.3 Å². The Hall–Kier alpha value is -0.470. The van der Waals surface area contributed by atoms with Crippen molar-refractivity contribution in [2.24, 2.45) is 0 Å². The van der Waals surface area contributed by atoms with E-state index in [1.807, 2.05) is 13.8 Å². The highest BCUT2D eigenvalue weighted by Gasteiger charge is 2.19. The van der Waals surface area contributed by atoms with Gasteiger partial charge in [-0.15, -0.1) is 11.3 Å². The standard InChI is InChI=1S/C12H22N2O3S2/c1-10(2)13-9-11-12(5-8-18-11)19(15,16)14-6-4-7-17-3/h5,8,10,13-14H,4,6-7,9H2,1-3H3. The van der Waals surface area contributed by atoms with Crippen LogP contribution >= 0.6 is 11.3 Å². The third-order valence-corrected chi connectivity index (χ3v) is 5.08. The fraction of sp³-hybridized carbons (Fsp3) is 0.667. The van der Waals surface area contributed by atoms with E-state index in [2.05, 4.69) is 10.0 Å². The summed E-state index contributed by atoms with van der Waals surface area (Å²) in [6, 6.07) is 1.98. The van der Waals surface area contributed by atoms with Gasteiger partial charge in [0.25, 0.3) is 0 Å². The normalized spacial score (nSPS) is 12.2. The third-order valence-electron chi connectivity index (χ3n) is 2.48. The number of hydrogen-bond acceptors (Lipinski definition) is 5. The predicted octanol–water partition coefficient (Wildman–Crippen LogP) is 1.56. The van der Waals surface area contributed by atoms with Gasteiger partial charge in [-0.25, -0.2) is 13.1 Å². The summed E-state index contributed by atoms with van der Waals surface area (Å²) in [5.41, 5.74) is 0. The molecule has 1 aromatic heterocycles. The molecule has 1 heterocycles. The molecule has 0 aromatic carbocycles. The number of thiophene rings is 1. The molecule has 0 atom stereocenters. The maximum atomic E-state index is 12.1. The lowest BCUT2D eigenvalue weighted by atomic mass is 10.4. The Morgan fingerprint density at radius 1 is 1.42 bits per heavy atom. The minimum atomic E-state index is -3.41. The van der Waals surface area contributed by atoms with Gasteiger partial charge in [0.05, 0.1) is 4.90 Å². The van der Waals surface area contributed by atoms with Crippen molar-refractivity contribution in [2.75, 3.05) is 20.3 Å². The number of nitrogens with one attached hydrogen (secondary N) is 2. The van der Waals surface area contributed by atoms with Crippen molar-refractivity contribution in [2.45, 2.75) is 37.8 Å². The molecule has 0 fully saturated rings. The van der Waals surface area contributed by atoms with Crippen LogP contribution in [0.25, 0.3) is 0 Å². The molecule has 0 aliphatic carbocycles. The van der Waals surface area contributed by atoms with E-state index < -0.39 is 10.0 Å². The summed E-state index contributed by atoms with van der Waals surface area (Å²) >= 11 is 1.46. The van der Waals surface area contributed by atoms with Crippen LogP contribution in [0.1, 0.15) is 25.1 Å². The molecule has 1 rings (SSSR count). The van der Waals surface area contributed by atoms with Crippen molar-refractivity contribution in [3.63, 3.8) is 0 Å². The first kappa shape index (κ1) is 16.6. The van der Waals surface area contributed by atoms with Crippen LogP contribution in [0.3, 0.4) is 0 Å². The fourth-order valence-electron chi connectivity index (χ4n) is 1.49. The fourth-order valence-corrected chi connectivity index (χ4v) is 3.96. The second-order valence-electron chi connectivity index (χ2n) is 4.49. The Morgan fingerprint density at radius 3 is 2.79 bits per heavy atom. The zero-order valence-corrected chi connectivity index (χ0v) is 13.2. The lowest BCUT2D eigenvalue weighted by Gasteiger charge is -2.10. The molecule has 0 saturated heterocycles. The van der Waals surface area contributed by atoms with Crippen molar-refractivity contribution in [3.05, 3.63) is 16.3 Å². The van der Waals surface area contributed by atoms with Crippen molar-refractivity contribution >= 4 is 21.4 Å². The van der Waals surface area contributed by atoms with Gasteiger partial charge < -0.3 is 10.1 Å². The van der Waals surface area contributed by atoms with Gasteiger partial charge in [-0.2, -0.15) is 0 Å². The SMILES string of the molecule is COCCCNS(=O)(=O)c1ccsc1CNC(C)C. The van der Waals surface area contributed by atoms with Gasteiger partial charge in [-0.3, -0.25) is 0 Å². The van der Waals surface area contributed by atoms with E-state index in [0.29, 0.717) is 37.1 Å². The second kappa shape index (κ2) is 7.96. The molecule has 0 bridgehead atoms. The summed E-state index contributed by atoms with van der Waals surface area (Å²) in [7, 11) is -1.81. The highest BCUT2D eigenvalue weighted by molar-refractivity contribution is 7.89. The number of hydrogen-bond donors (Lipinski definition) is 2. The zero-order chi connectivity index (χ0) is 14.3. The van der Waals surface area contributed by atoms with Crippen molar-refractivity contribution < 1.29 is 13.2 Å². The Bertz CT molecular complexity index is 469. The first-order valence-electron chi connectivity index (χ1n) is 6.25. The minimum absolute atomic E-state index is 0.326.